The SMILES string of the molecule is O[C@@]1(CNCCN2CCCc3ccccc32)CCNC1. The van der Waals surface area contributed by atoms with Crippen molar-refractivity contribution in [1.82, 2.24) is 10.6 Å². The van der Waals surface area contributed by atoms with Gasteiger partial charge < -0.3 is 20.6 Å². The lowest BCUT2D eigenvalue weighted by Crippen LogP contribution is -2.45. The summed E-state index contributed by atoms with van der Waals surface area (Å²) in [6.45, 7) is 5.42. The van der Waals surface area contributed by atoms with Crippen LogP contribution in [0.2, 0.25) is 0 Å². The molecule has 2 heterocycles. The van der Waals surface area contributed by atoms with Crippen LogP contribution in [-0.2, 0) is 6.42 Å². The molecule has 0 radical (unpaired) electrons. The highest BCUT2D eigenvalue weighted by Crippen LogP contribution is 2.26. The smallest absolute Gasteiger partial charge is 0.0907 e. The zero-order valence-electron chi connectivity index (χ0n) is 12.1. The van der Waals surface area contributed by atoms with Crippen molar-refractivity contribution < 1.29 is 5.11 Å². The first-order valence-electron chi connectivity index (χ1n) is 7.74. The molecule has 4 heteroatoms. The van der Waals surface area contributed by atoms with Gasteiger partial charge in [0, 0.05) is 38.4 Å². The number of fused-ring (bicyclic) bond motifs is 1. The van der Waals surface area contributed by atoms with Gasteiger partial charge in [0.25, 0.3) is 0 Å². The number of hydrogen-bond acceptors (Lipinski definition) is 4. The minimum Gasteiger partial charge on any atom is -0.387 e. The van der Waals surface area contributed by atoms with Gasteiger partial charge in [-0.15, -0.1) is 0 Å². The largest absolute Gasteiger partial charge is 0.387 e. The lowest BCUT2D eigenvalue weighted by molar-refractivity contribution is 0.0616. The average molecular weight is 275 g/mol. The number of para-hydroxylation sites is 1. The molecule has 2 aliphatic heterocycles. The maximum atomic E-state index is 10.2. The van der Waals surface area contributed by atoms with E-state index in [9.17, 15) is 5.11 Å². The second-order valence-electron chi connectivity index (χ2n) is 6.05. The van der Waals surface area contributed by atoms with E-state index >= 15 is 0 Å². The Labute approximate surface area is 121 Å². The van der Waals surface area contributed by atoms with Crippen molar-refractivity contribution in [3.05, 3.63) is 29.8 Å². The topological polar surface area (TPSA) is 47.5 Å². The molecule has 3 rings (SSSR count). The van der Waals surface area contributed by atoms with Crippen molar-refractivity contribution in [2.45, 2.75) is 24.9 Å². The second-order valence-corrected chi connectivity index (χ2v) is 6.05. The maximum absolute atomic E-state index is 10.2. The van der Waals surface area contributed by atoms with Gasteiger partial charge in [-0.25, -0.2) is 0 Å². The molecule has 4 nitrogen and oxygen atoms in total. The summed E-state index contributed by atoms with van der Waals surface area (Å²) in [6.07, 6.45) is 3.29. The summed E-state index contributed by atoms with van der Waals surface area (Å²) in [5.74, 6) is 0. The van der Waals surface area contributed by atoms with Gasteiger partial charge >= 0.3 is 0 Å². The van der Waals surface area contributed by atoms with Crippen LogP contribution in [0.4, 0.5) is 5.69 Å². The van der Waals surface area contributed by atoms with Crippen LogP contribution in [0, 0.1) is 0 Å². The molecule has 0 saturated carbocycles. The van der Waals surface area contributed by atoms with Gasteiger partial charge in [0.05, 0.1) is 5.60 Å². The van der Waals surface area contributed by atoms with Crippen molar-refractivity contribution in [1.29, 1.82) is 0 Å². The number of benzene rings is 1. The van der Waals surface area contributed by atoms with Gasteiger partial charge in [0.1, 0.15) is 0 Å². The van der Waals surface area contributed by atoms with Gasteiger partial charge in [-0.05, 0) is 37.4 Å². The highest BCUT2D eigenvalue weighted by atomic mass is 16.3. The lowest BCUT2D eigenvalue weighted by Gasteiger charge is -2.32. The van der Waals surface area contributed by atoms with E-state index in [1.807, 2.05) is 0 Å². The van der Waals surface area contributed by atoms with E-state index in [0.29, 0.717) is 13.1 Å². The van der Waals surface area contributed by atoms with E-state index in [-0.39, 0.29) is 0 Å². The third-order valence-corrected chi connectivity index (χ3v) is 4.44. The maximum Gasteiger partial charge on any atom is 0.0907 e. The third-order valence-electron chi connectivity index (χ3n) is 4.44. The number of aliphatic hydroxyl groups is 1. The predicted octanol–water partition coefficient (Wildman–Crippen LogP) is 0.753. The average Bonchev–Trinajstić information content (AvgIpc) is 2.91. The molecular weight excluding hydrogens is 250 g/mol. The molecule has 110 valence electrons. The van der Waals surface area contributed by atoms with Gasteiger partial charge in [0.2, 0.25) is 0 Å². The first-order chi connectivity index (χ1) is 9.77. The molecule has 0 spiro atoms. The van der Waals surface area contributed by atoms with Crippen molar-refractivity contribution in [3.63, 3.8) is 0 Å². The number of nitrogens with one attached hydrogen (secondary N) is 2. The van der Waals surface area contributed by atoms with Gasteiger partial charge in [-0.1, -0.05) is 18.2 Å². The number of hydrogen-bond donors (Lipinski definition) is 3. The molecule has 0 amide bonds. The quantitative estimate of drug-likeness (QED) is 0.694. The Balaban J connectivity index is 1.47. The molecular formula is C16H25N3O. The van der Waals surface area contributed by atoms with Crippen LogP contribution in [-0.4, -0.2) is 50.0 Å². The fourth-order valence-electron chi connectivity index (χ4n) is 3.26. The Morgan fingerprint density at radius 2 is 2.25 bits per heavy atom. The standard InChI is InChI=1S/C16H25N3O/c20-16(7-8-17-12-16)13-18-9-11-19-10-3-5-14-4-1-2-6-15(14)19/h1-2,4,6,17-18,20H,3,5,7-13H2/t16-/m0/s1. The summed E-state index contributed by atoms with van der Waals surface area (Å²) in [5.41, 5.74) is 2.32. The number of anilines is 1. The van der Waals surface area contributed by atoms with E-state index in [0.717, 1.165) is 32.6 Å². The van der Waals surface area contributed by atoms with Crippen LogP contribution in [0.3, 0.4) is 0 Å². The highest BCUT2D eigenvalue weighted by molar-refractivity contribution is 5.55. The minimum atomic E-state index is -0.542. The van der Waals surface area contributed by atoms with Crippen LogP contribution in [0.15, 0.2) is 24.3 Å². The van der Waals surface area contributed by atoms with Crippen LogP contribution >= 0.6 is 0 Å². The Morgan fingerprint density at radius 3 is 3.10 bits per heavy atom. The Hall–Kier alpha value is -1.10. The summed E-state index contributed by atoms with van der Waals surface area (Å²) >= 11 is 0. The summed E-state index contributed by atoms with van der Waals surface area (Å²) in [7, 11) is 0. The van der Waals surface area contributed by atoms with Crippen LogP contribution in [0.25, 0.3) is 0 Å². The van der Waals surface area contributed by atoms with E-state index in [1.165, 1.54) is 24.1 Å². The third kappa shape index (κ3) is 3.14. The molecule has 1 fully saturated rings. The fraction of sp³-hybridized carbons (Fsp3) is 0.625. The lowest BCUT2D eigenvalue weighted by atomic mass is 10.0. The Kier molecular flexibility index (Phi) is 4.24. The first-order valence-corrected chi connectivity index (χ1v) is 7.74. The van der Waals surface area contributed by atoms with Crippen molar-refractivity contribution in [2.75, 3.05) is 44.2 Å². The molecule has 0 aromatic heterocycles. The van der Waals surface area contributed by atoms with Crippen LogP contribution in [0.1, 0.15) is 18.4 Å². The highest BCUT2D eigenvalue weighted by Gasteiger charge is 2.30. The molecule has 1 aromatic carbocycles. The molecule has 0 aliphatic carbocycles. The molecule has 1 aromatic rings. The molecule has 2 aliphatic rings. The molecule has 3 N–H and O–H groups in total. The first kappa shape index (κ1) is 13.9. The van der Waals surface area contributed by atoms with E-state index in [2.05, 4.69) is 39.8 Å². The summed E-state index contributed by atoms with van der Waals surface area (Å²) in [6, 6.07) is 8.71. The van der Waals surface area contributed by atoms with Crippen LogP contribution < -0.4 is 15.5 Å². The molecule has 20 heavy (non-hydrogen) atoms. The minimum absolute atomic E-state index is 0.542. The van der Waals surface area contributed by atoms with Crippen molar-refractivity contribution in [2.24, 2.45) is 0 Å². The zero-order chi connectivity index (χ0) is 13.8. The number of rotatable bonds is 5. The molecule has 1 saturated heterocycles. The number of nitrogens with zero attached hydrogens (tertiary/aromatic N) is 1. The Morgan fingerprint density at radius 1 is 1.35 bits per heavy atom. The van der Waals surface area contributed by atoms with E-state index in [4.69, 9.17) is 0 Å². The summed E-state index contributed by atoms with van der Waals surface area (Å²) < 4.78 is 0. The van der Waals surface area contributed by atoms with Gasteiger partial charge in [0.15, 0.2) is 0 Å². The summed E-state index contributed by atoms with van der Waals surface area (Å²) in [4.78, 5) is 2.46. The van der Waals surface area contributed by atoms with E-state index < -0.39 is 5.60 Å². The van der Waals surface area contributed by atoms with Crippen molar-refractivity contribution >= 4 is 5.69 Å². The number of β-amino-alcohol motifs (C(OH)–C–C–N with tert-alkyl or cyclic N) is 1. The molecule has 0 bridgehead atoms. The van der Waals surface area contributed by atoms with Crippen LogP contribution in [0.5, 0.6) is 0 Å². The van der Waals surface area contributed by atoms with Crippen molar-refractivity contribution in [3.8, 4) is 0 Å². The normalized spacial score (nSPS) is 25.8. The van der Waals surface area contributed by atoms with Gasteiger partial charge in [-0.2, -0.15) is 0 Å². The molecule has 0 unspecified atom stereocenters. The predicted molar refractivity (Wildman–Crippen MR) is 82.3 cm³/mol. The fourth-order valence-corrected chi connectivity index (χ4v) is 3.26. The second kappa shape index (κ2) is 6.12. The number of aryl methyl sites for hydroxylation is 1. The molecule has 1 atom stereocenters. The Bertz CT molecular complexity index is 443. The van der Waals surface area contributed by atoms with E-state index in [1.54, 1.807) is 0 Å². The zero-order valence-corrected chi connectivity index (χ0v) is 12.1. The van der Waals surface area contributed by atoms with Gasteiger partial charge in [-0.3, -0.25) is 0 Å². The summed E-state index contributed by atoms with van der Waals surface area (Å²) in [5, 5.41) is 16.9. The monoisotopic (exact) mass is 275 g/mol.